The molecule has 3 heteroatoms. The highest BCUT2D eigenvalue weighted by atomic mass is 16.6. The van der Waals surface area contributed by atoms with Crippen molar-refractivity contribution >= 4 is 5.78 Å². The van der Waals surface area contributed by atoms with Gasteiger partial charge < -0.3 is 9.47 Å². The molecule has 0 bridgehead atoms. The van der Waals surface area contributed by atoms with Crippen molar-refractivity contribution in [2.24, 2.45) is 44.8 Å². The highest BCUT2D eigenvalue weighted by Gasteiger charge is 2.83. The molecule has 5 aliphatic carbocycles. The van der Waals surface area contributed by atoms with E-state index in [1.807, 2.05) is 7.11 Å². The van der Waals surface area contributed by atoms with Gasteiger partial charge in [0.15, 0.2) is 0 Å². The molecule has 1 heterocycles. The lowest BCUT2D eigenvalue weighted by atomic mass is 9.42. The first-order valence-corrected chi connectivity index (χ1v) is 14.5. The Kier molecular flexibility index (Phi) is 4.73. The van der Waals surface area contributed by atoms with Gasteiger partial charge in [0.2, 0.25) is 0 Å². The number of carbonyl (C=O) groups is 1. The number of rotatable bonds is 1. The molecular weight excluding hydrogens is 420 g/mol. The number of hydrogen-bond donors (Lipinski definition) is 0. The Balaban J connectivity index is 1.38. The number of Topliss-reactive ketones (excluding diaryl/α,β-unsaturated/α-hetero) is 1. The van der Waals surface area contributed by atoms with E-state index in [0.717, 1.165) is 19.3 Å². The fourth-order valence-electron chi connectivity index (χ4n) is 12.4. The molecule has 6 rings (SSSR count). The lowest BCUT2D eigenvalue weighted by Gasteiger charge is -2.62. The van der Waals surface area contributed by atoms with Gasteiger partial charge in [0.1, 0.15) is 11.4 Å². The van der Waals surface area contributed by atoms with Crippen molar-refractivity contribution < 1.29 is 14.3 Å². The second kappa shape index (κ2) is 6.72. The summed E-state index contributed by atoms with van der Waals surface area (Å²) in [5, 5.41) is 0. The normalized spacial score (nSPS) is 57.2. The van der Waals surface area contributed by atoms with Crippen molar-refractivity contribution in [3.05, 3.63) is 0 Å². The van der Waals surface area contributed by atoms with Crippen molar-refractivity contribution in [1.82, 2.24) is 0 Å². The second-order valence-corrected chi connectivity index (χ2v) is 15.7. The molecule has 0 radical (unpaired) electrons. The molecule has 3 nitrogen and oxygen atoms in total. The number of ketones is 1. The Morgan fingerprint density at radius 2 is 1.47 bits per heavy atom. The number of epoxide rings is 1. The molecular formula is C31H50O3. The van der Waals surface area contributed by atoms with Crippen molar-refractivity contribution in [2.75, 3.05) is 7.11 Å². The molecule has 192 valence electrons. The van der Waals surface area contributed by atoms with Gasteiger partial charge in [-0.3, -0.25) is 4.79 Å². The standard InChI is InChI=1S/C31H50O3/c1-25(2)20-9-14-27(5)19-30-17-10-21-26(3,4)24(33-8)13-16-29(21,7)31(30,34-30)18-11-22(27)28(20,6)15-12-23(25)32/h20-22,24H,9-19H2,1-8H3/t20-,21-,22-,24-,27-,28-,29-,30+,31+/m0/s1. The van der Waals surface area contributed by atoms with E-state index < -0.39 is 0 Å². The van der Waals surface area contributed by atoms with Crippen LogP contribution in [0.1, 0.15) is 119 Å². The highest BCUT2D eigenvalue weighted by molar-refractivity contribution is 5.85. The van der Waals surface area contributed by atoms with Gasteiger partial charge in [-0.15, -0.1) is 0 Å². The first-order chi connectivity index (χ1) is 15.7. The quantitative estimate of drug-likeness (QED) is 0.376. The van der Waals surface area contributed by atoms with Crippen LogP contribution >= 0.6 is 0 Å². The molecule has 6 fully saturated rings. The van der Waals surface area contributed by atoms with E-state index in [2.05, 4.69) is 48.5 Å². The summed E-state index contributed by atoms with van der Waals surface area (Å²) in [5.74, 6) is 2.42. The lowest BCUT2D eigenvalue weighted by Crippen LogP contribution is -2.60. The smallest absolute Gasteiger partial charge is 0.138 e. The van der Waals surface area contributed by atoms with Crippen LogP contribution in [0.15, 0.2) is 0 Å². The van der Waals surface area contributed by atoms with Crippen LogP contribution in [-0.4, -0.2) is 30.2 Å². The Morgan fingerprint density at radius 1 is 0.794 bits per heavy atom. The maximum Gasteiger partial charge on any atom is 0.138 e. The third kappa shape index (κ3) is 2.55. The minimum absolute atomic E-state index is 0.0606. The third-order valence-corrected chi connectivity index (χ3v) is 13.9. The molecule has 9 atom stereocenters. The zero-order chi connectivity index (χ0) is 24.6. The number of fused-ring (bicyclic) bond motifs is 4. The average Bonchev–Trinajstić information content (AvgIpc) is 3.41. The van der Waals surface area contributed by atoms with Crippen molar-refractivity contribution in [3.8, 4) is 0 Å². The number of methoxy groups -OCH3 is 1. The van der Waals surface area contributed by atoms with Gasteiger partial charge in [-0.05, 0) is 98.2 Å². The van der Waals surface area contributed by atoms with Crippen molar-refractivity contribution in [1.29, 1.82) is 0 Å². The SMILES string of the molecule is CO[C@H]1CC[C@@]2(C)[C@@H](CC[C@@]34C[C@]5(C)CC[C@H]6C(C)(C)C(=O)CC[C@]6(C)[C@H]5CC[C@]32O4)C1(C)C. The molecule has 34 heavy (non-hydrogen) atoms. The Morgan fingerprint density at radius 3 is 2.18 bits per heavy atom. The zero-order valence-electron chi connectivity index (χ0n) is 23.3. The van der Waals surface area contributed by atoms with Gasteiger partial charge in [0, 0.05) is 24.4 Å². The molecule has 0 aromatic heterocycles. The monoisotopic (exact) mass is 470 g/mol. The topological polar surface area (TPSA) is 38.8 Å². The van der Waals surface area contributed by atoms with E-state index in [1.54, 1.807) is 0 Å². The minimum Gasteiger partial charge on any atom is -0.381 e. The summed E-state index contributed by atoms with van der Waals surface area (Å²) >= 11 is 0. The predicted octanol–water partition coefficient (Wildman–Crippen LogP) is 7.36. The summed E-state index contributed by atoms with van der Waals surface area (Å²) in [4.78, 5) is 13.0. The van der Waals surface area contributed by atoms with Gasteiger partial charge in [-0.2, -0.15) is 0 Å². The van der Waals surface area contributed by atoms with Gasteiger partial charge in [0.05, 0.1) is 11.7 Å². The van der Waals surface area contributed by atoms with Crippen LogP contribution in [0.3, 0.4) is 0 Å². The van der Waals surface area contributed by atoms with Crippen LogP contribution in [0.5, 0.6) is 0 Å². The number of hydrogen-bond acceptors (Lipinski definition) is 3. The second-order valence-electron chi connectivity index (χ2n) is 15.7. The Labute approximate surface area is 208 Å². The van der Waals surface area contributed by atoms with E-state index in [1.165, 1.54) is 51.4 Å². The van der Waals surface area contributed by atoms with Gasteiger partial charge in [-0.1, -0.05) is 48.5 Å². The molecule has 0 aromatic rings. The summed E-state index contributed by atoms with van der Waals surface area (Å²) in [7, 11) is 1.92. The molecule has 1 saturated heterocycles. The molecule has 0 spiro atoms. The summed E-state index contributed by atoms with van der Waals surface area (Å²) in [6.45, 7) is 17.3. The van der Waals surface area contributed by atoms with Crippen molar-refractivity contribution in [2.45, 2.75) is 136 Å². The van der Waals surface area contributed by atoms with E-state index in [-0.39, 0.29) is 32.9 Å². The Bertz CT molecular complexity index is 906. The van der Waals surface area contributed by atoms with E-state index in [4.69, 9.17) is 9.47 Å². The third-order valence-electron chi connectivity index (χ3n) is 13.9. The summed E-state index contributed by atoms with van der Waals surface area (Å²) in [6.07, 6.45) is 13.4. The van der Waals surface area contributed by atoms with E-state index in [9.17, 15) is 4.79 Å². The first-order valence-electron chi connectivity index (χ1n) is 14.5. The van der Waals surface area contributed by atoms with Crippen molar-refractivity contribution in [3.63, 3.8) is 0 Å². The van der Waals surface area contributed by atoms with Crippen LogP contribution in [-0.2, 0) is 14.3 Å². The Hall–Kier alpha value is -0.410. The van der Waals surface area contributed by atoms with Crippen LogP contribution < -0.4 is 0 Å². The molecule has 0 unspecified atom stereocenters. The van der Waals surface area contributed by atoms with E-state index >= 15 is 0 Å². The summed E-state index contributed by atoms with van der Waals surface area (Å²) < 4.78 is 13.2. The number of ether oxygens (including phenoxy) is 2. The number of carbonyl (C=O) groups excluding carboxylic acids is 1. The maximum absolute atomic E-state index is 13.0. The van der Waals surface area contributed by atoms with Gasteiger partial charge in [0.25, 0.3) is 0 Å². The van der Waals surface area contributed by atoms with Crippen LogP contribution in [0, 0.1) is 44.8 Å². The van der Waals surface area contributed by atoms with Gasteiger partial charge >= 0.3 is 0 Å². The average molecular weight is 471 g/mol. The predicted molar refractivity (Wildman–Crippen MR) is 135 cm³/mol. The molecule has 0 aromatic carbocycles. The summed E-state index contributed by atoms with van der Waals surface area (Å²) in [5.41, 5.74) is 1.06. The van der Waals surface area contributed by atoms with Gasteiger partial charge in [-0.25, -0.2) is 0 Å². The fraction of sp³-hybridized carbons (Fsp3) is 0.968. The fourth-order valence-corrected chi connectivity index (χ4v) is 12.4. The zero-order valence-corrected chi connectivity index (χ0v) is 23.3. The molecule has 6 aliphatic rings. The molecule has 5 saturated carbocycles. The van der Waals surface area contributed by atoms with Crippen LogP contribution in [0.25, 0.3) is 0 Å². The lowest BCUT2D eigenvalue weighted by molar-refractivity contribution is -0.163. The minimum atomic E-state index is -0.164. The largest absolute Gasteiger partial charge is 0.381 e. The summed E-state index contributed by atoms with van der Waals surface area (Å²) in [6, 6.07) is 0. The van der Waals surface area contributed by atoms with Crippen LogP contribution in [0.2, 0.25) is 0 Å². The van der Waals surface area contributed by atoms with Crippen LogP contribution in [0.4, 0.5) is 0 Å². The molecule has 0 N–H and O–H groups in total. The van der Waals surface area contributed by atoms with E-state index in [0.29, 0.717) is 35.1 Å². The first kappa shape index (κ1) is 24.0. The maximum atomic E-state index is 13.0. The highest BCUT2D eigenvalue weighted by Crippen LogP contribution is 2.80. The molecule has 1 aliphatic heterocycles. The molecule has 0 amide bonds.